The summed E-state index contributed by atoms with van der Waals surface area (Å²) in [6.45, 7) is 4.60. The maximum atomic E-state index is 9.16. The molecule has 1 aromatic heterocycles. The van der Waals surface area contributed by atoms with Crippen molar-refractivity contribution in [2.45, 2.75) is 57.2 Å². The number of nitrogens with zero attached hydrogens (tertiary/aromatic N) is 3. The number of aromatic nitrogens is 2. The molecular weight excluding hydrogens is 276 g/mol. The van der Waals surface area contributed by atoms with Crippen LogP contribution in [0.4, 0.5) is 0 Å². The third-order valence-electron chi connectivity index (χ3n) is 5.50. The van der Waals surface area contributed by atoms with Crippen molar-refractivity contribution < 1.29 is 5.11 Å². The van der Waals surface area contributed by atoms with Crippen LogP contribution in [-0.2, 0) is 13.0 Å². The molecule has 1 aromatic rings. The lowest BCUT2D eigenvalue weighted by Crippen LogP contribution is -2.37. The summed E-state index contributed by atoms with van der Waals surface area (Å²) in [6.07, 6.45) is 9.75. The van der Waals surface area contributed by atoms with Gasteiger partial charge in [-0.3, -0.25) is 4.68 Å². The first-order valence-electron chi connectivity index (χ1n) is 8.97. The molecule has 0 amide bonds. The highest BCUT2D eigenvalue weighted by Gasteiger charge is 2.31. The lowest BCUT2D eigenvalue weighted by molar-refractivity contribution is 0.266. The summed E-state index contributed by atoms with van der Waals surface area (Å²) in [4.78, 5) is 2.65. The van der Waals surface area contributed by atoms with Gasteiger partial charge in [-0.2, -0.15) is 5.10 Å². The molecular formula is C17H28N4O. The molecule has 122 valence electrons. The summed E-state index contributed by atoms with van der Waals surface area (Å²) in [5.74, 6) is 0.997. The van der Waals surface area contributed by atoms with Gasteiger partial charge in [0.15, 0.2) is 0 Å². The van der Waals surface area contributed by atoms with E-state index in [1.54, 1.807) is 0 Å². The molecule has 2 fully saturated rings. The molecule has 1 saturated carbocycles. The number of aliphatic hydroxyl groups excluding tert-OH is 1. The zero-order valence-electron chi connectivity index (χ0n) is 13.4. The zero-order chi connectivity index (χ0) is 14.9. The number of likely N-dealkylation sites (tertiary alicyclic amines) is 1. The normalized spacial score (nSPS) is 29.0. The van der Waals surface area contributed by atoms with E-state index in [0.717, 1.165) is 12.3 Å². The Morgan fingerprint density at radius 3 is 3.00 bits per heavy atom. The second kappa shape index (κ2) is 6.30. The van der Waals surface area contributed by atoms with Crippen molar-refractivity contribution >= 4 is 0 Å². The Labute approximate surface area is 132 Å². The Kier molecular flexibility index (Phi) is 4.20. The van der Waals surface area contributed by atoms with Gasteiger partial charge < -0.3 is 15.3 Å². The maximum Gasteiger partial charge on any atom is 0.0644 e. The molecule has 2 aliphatic carbocycles. The maximum absolute atomic E-state index is 9.16. The van der Waals surface area contributed by atoms with Crippen LogP contribution in [0.25, 0.3) is 0 Å². The van der Waals surface area contributed by atoms with Crippen molar-refractivity contribution in [2.75, 3.05) is 26.2 Å². The molecule has 2 atom stereocenters. The number of hydrogen-bond donors (Lipinski definition) is 2. The molecule has 1 saturated heterocycles. The fraction of sp³-hybridized carbons (Fsp3) is 0.824. The fourth-order valence-corrected chi connectivity index (χ4v) is 4.16. The van der Waals surface area contributed by atoms with Gasteiger partial charge in [0.1, 0.15) is 0 Å². The Bertz CT molecular complexity index is 511. The van der Waals surface area contributed by atoms with Crippen LogP contribution in [0.3, 0.4) is 0 Å². The van der Waals surface area contributed by atoms with E-state index < -0.39 is 0 Å². The quantitative estimate of drug-likeness (QED) is 0.832. The predicted octanol–water partition coefficient (Wildman–Crippen LogP) is 1.33. The molecule has 2 N–H and O–H groups in total. The molecule has 0 bridgehead atoms. The number of fused-ring (bicyclic) bond motifs is 1. The summed E-state index contributed by atoms with van der Waals surface area (Å²) >= 11 is 0. The molecule has 4 rings (SSSR count). The molecule has 5 nitrogen and oxygen atoms in total. The van der Waals surface area contributed by atoms with Gasteiger partial charge in [-0.05, 0) is 51.0 Å². The van der Waals surface area contributed by atoms with Gasteiger partial charge in [-0.1, -0.05) is 0 Å². The molecule has 2 unspecified atom stereocenters. The van der Waals surface area contributed by atoms with Crippen LogP contribution in [0.2, 0.25) is 0 Å². The minimum atomic E-state index is 0.172. The van der Waals surface area contributed by atoms with Crippen molar-refractivity contribution in [2.24, 2.45) is 5.92 Å². The molecule has 3 aliphatic rings. The van der Waals surface area contributed by atoms with E-state index >= 15 is 0 Å². The van der Waals surface area contributed by atoms with Crippen LogP contribution in [0.15, 0.2) is 6.20 Å². The highest BCUT2D eigenvalue weighted by Crippen LogP contribution is 2.33. The minimum absolute atomic E-state index is 0.172. The number of aliphatic hydroxyl groups is 1. The van der Waals surface area contributed by atoms with Crippen LogP contribution >= 0.6 is 0 Å². The third kappa shape index (κ3) is 3.07. The van der Waals surface area contributed by atoms with E-state index in [2.05, 4.69) is 15.3 Å². The predicted molar refractivity (Wildman–Crippen MR) is 85.7 cm³/mol. The Balaban J connectivity index is 1.37. The van der Waals surface area contributed by atoms with E-state index in [0.29, 0.717) is 18.6 Å². The van der Waals surface area contributed by atoms with Gasteiger partial charge in [0.05, 0.1) is 19.3 Å². The topological polar surface area (TPSA) is 53.3 Å². The summed E-state index contributed by atoms with van der Waals surface area (Å²) in [5, 5.41) is 17.5. The second-order valence-corrected chi connectivity index (χ2v) is 7.29. The van der Waals surface area contributed by atoms with Crippen molar-refractivity contribution in [3.63, 3.8) is 0 Å². The average molecular weight is 304 g/mol. The van der Waals surface area contributed by atoms with Crippen molar-refractivity contribution in [1.29, 1.82) is 0 Å². The fourth-order valence-electron chi connectivity index (χ4n) is 4.16. The average Bonchev–Trinajstić information content (AvgIpc) is 3.06. The van der Waals surface area contributed by atoms with E-state index in [-0.39, 0.29) is 6.61 Å². The summed E-state index contributed by atoms with van der Waals surface area (Å²) in [7, 11) is 0. The standard InChI is InChI=1S/C17H28N4O/c22-9-8-21-17-3-1-2-16(15(17)10-18-21)19-14-6-7-20(12-14)11-13-4-5-13/h10,13-14,16,19,22H,1-9,11-12H2. The number of hydrogen-bond acceptors (Lipinski definition) is 4. The van der Waals surface area contributed by atoms with Gasteiger partial charge in [-0.15, -0.1) is 0 Å². The highest BCUT2D eigenvalue weighted by molar-refractivity contribution is 5.25. The van der Waals surface area contributed by atoms with E-state index in [9.17, 15) is 0 Å². The van der Waals surface area contributed by atoms with Crippen LogP contribution < -0.4 is 5.32 Å². The van der Waals surface area contributed by atoms with Crippen LogP contribution in [-0.4, -0.2) is 52.1 Å². The first-order chi connectivity index (χ1) is 10.8. The Hall–Kier alpha value is -0.910. The van der Waals surface area contributed by atoms with Crippen LogP contribution in [0, 0.1) is 5.92 Å². The third-order valence-corrected chi connectivity index (χ3v) is 5.50. The van der Waals surface area contributed by atoms with Crippen molar-refractivity contribution in [1.82, 2.24) is 20.0 Å². The molecule has 0 spiro atoms. The van der Waals surface area contributed by atoms with Gasteiger partial charge >= 0.3 is 0 Å². The molecule has 1 aliphatic heterocycles. The molecule has 0 radical (unpaired) electrons. The van der Waals surface area contributed by atoms with Gasteiger partial charge in [0.2, 0.25) is 0 Å². The first-order valence-corrected chi connectivity index (χ1v) is 8.97. The summed E-state index contributed by atoms with van der Waals surface area (Å²) in [6, 6.07) is 1.10. The Morgan fingerprint density at radius 2 is 2.18 bits per heavy atom. The second-order valence-electron chi connectivity index (χ2n) is 7.29. The Morgan fingerprint density at radius 1 is 1.27 bits per heavy atom. The summed E-state index contributed by atoms with van der Waals surface area (Å²) < 4.78 is 2.00. The zero-order valence-corrected chi connectivity index (χ0v) is 13.4. The SMILES string of the molecule is OCCn1ncc2c1CCCC2NC1CCN(CC2CC2)C1. The van der Waals surface area contributed by atoms with Crippen LogP contribution in [0.1, 0.15) is 49.4 Å². The lowest BCUT2D eigenvalue weighted by Gasteiger charge is -2.27. The summed E-state index contributed by atoms with van der Waals surface area (Å²) in [5.41, 5.74) is 2.71. The van der Waals surface area contributed by atoms with Gasteiger partial charge in [0.25, 0.3) is 0 Å². The first kappa shape index (κ1) is 14.7. The van der Waals surface area contributed by atoms with Gasteiger partial charge in [-0.25, -0.2) is 0 Å². The minimum Gasteiger partial charge on any atom is -0.394 e. The smallest absolute Gasteiger partial charge is 0.0644 e. The van der Waals surface area contributed by atoms with Crippen molar-refractivity contribution in [3.05, 3.63) is 17.5 Å². The van der Waals surface area contributed by atoms with E-state index in [1.807, 2.05) is 10.9 Å². The largest absolute Gasteiger partial charge is 0.394 e. The van der Waals surface area contributed by atoms with Crippen molar-refractivity contribution in [3.8, 4) is 0 Å². The van der Waals surface area contributed by atoms with E-state index in [4.69, 9.17) is 5.11 Å². The molecule has 22 heavy (non-hydrogen) atoms. The molecule has 2 heterocycles. The molecule has 0 aromatic carbocycles. The van der Waals surface area contributed by atoms with E-state index in [1.165, 1.54) is 63.0 Å². The van der Waals surface area contributed by atoms with Crippen LogP contribution in [0.5, 0.6) is 0 Å². The number of rotatable bonds is 6. The molecule has 5 heteroatoms. The number of nitrogens with one attached hydrogen (secondary N) is 1. The highest BCUT2D eigenvalue weighted by atomic mass is 16.3. The lowest BCUT2D eigenvalue weighted by atomic mass is 9.92. The van der Waals surface area contributed by atoms with Gasteiger partial charge in [0, 0.05) is 36.4 Å². The monoisotopic (exact) mass is 304 g/mol.